The Balaban J connectivity index is 3.39. The number of halogens is 5. The molecule has 0 saturated heterocycles. The summed E-state index contributed by atoms with van der Waals surface area (Å²) in [6.07, 6.45) is 0. The van der Waals surface area contributed by atoms with Crippen molar-refractivity contribution in [2.24, 2.45) is 0 Å². The predicted molar refractivity (Wildman–Crippen MR) is 44.8 cm³/mol. The first-order chi connectivity index (χ1) is 6.86. The van der Waals surface area contributed by atoms with Gasteiger partial charge in [0.1, 0.15) is 0 Å². The Labute approximate surface area is 89.6 Å². The van der Waals surface area contributed by atoms with Crippen molar-refractivity contribution in [3.05, 3.63) is 27.7 Å². The lowest BCUT2D eigenvalue weighted by Crippen LogP contribution is -2.22. The molecule has 0 saturated carbocycles. The monoisotopic (exact) mass is 288 g/mol. The standard InChI is InChI=1S/C6H2BBrF4O3/c8-1-2(9)3(10)4(11)5(12)6(1)15-7(13)14/h13-14H. The Morgan fingerprint density at radius 2 is 1.40 bits per heavy atom. The molecule has 0 heterocycles. The molecule has 1 aromatic carbocycles. The van der Waals surface area contributed by atoms with Crippen LogP contribution < -0.4 is 4.65 Å². The molecule has 1 aromatic rings. The van der Waals surface area contributed by atoms with Gasteiger partial charge in [-0.1, -0.05) is 0 Å². The Morgan fingerprint density at radius 1 is 0.933 bits per heavy atom. The van der Waals surface area contributed by atoms with Crippen molar-refractivity contribution in [2.45, 2.75) is 0 Å². The summed E-state index contributed by atoms with van der Waals surface area (Å²) in [4.78, 5) is 0. The topological polar surface area (TPSA) is 49.7 Å². The molecular weight excluding hydrogens is 287 g/mol. The average Bonchev–Trinajstić information content (AvgIpc) is 2.18. The molecule has 0 aliphatic heterocycles. The fourth-order valence-electron chi connectivity index (χ4n) is 0.794. The summed E-state index contributed by atoms with van der Waals surface area (Å²) in [5, 5.41) is 16.6. The molecule has 15 heavy (non-hydrogen) atoms. The summed E-state index contributed by atoms with van der Waals surface area (Å²) in [7, 11) is -2.49. The van der Waals surface area contributed by atoms with Gasteiger partial charge in [0, 0.05) is 0 Å². The van der Waals surface area contributed by atoms with E-state index in [0.717, 1.165) is 0 Å². The molecule has 0 aromatic heterocycles. The lowest BCUT2D eigenvalue weighted by molar-refractivity contribution is 0.274. The van der Waals surface area contributed by atoms with Crippen LogP contribution in [0.4, 0.5) is 17.6 Å². The number of hydrogen-bond donors (Lipinski definition) is 2. The number of rotatable bonds is 2. The summed E-state index contributed by atoms with van der Waals surface area (Å²) in [5.74, 6) is -8.90. The van der Waals surface area contributed by atoms with Crippen LogP contribution in [0.3, 0.4) is 0 Å². The summed E-state index contributed by atoms with van der Waals surface area (Å²) < 4.78 is 54.0. The summed E-state index contributed by atoms with van der Waals surface area (Å²) in [6, 6.07) is 0. The molecule has 0 spiro atoms. The van der Waals surface area contributed by atoms with Crippen LogP contribution in [0.2, 0.25) is 0 Å². The van der Waals surface area contributed by atoms with Crippen molar-refractivity contribution in [3.63, 3.8) is 0 Å². The van der Waals surface area contributed by atoms with E-state index in [1.165, 1.54) is 0 Å². The van der Waals surface area contributed by atoms with E-state index in [0.29, 0.717) is 0 Å². The predicted octanol–water partition coefficient (Wildman–Crippen LogP) is 1.35. The minimum atomic E-state index is -2.49. The molecule has 0 amide bonds. The van der Waals surface area contributed by atoms with Crippen molar-refractivity contribution in [2.75, 3.05) is 0 Å². The first-order valence-electron chi connectivity index (χ1n) is 3.40. The van der Waals surface area contributed by atoms with E-state index in [2.05, 4.69) is 20.6 Å². The highest BCUT2D eigenvalue weighted by Crippen LogP contribution is 2.34. The van der Waals surface area contributed by atoms with E-state index in [9.17, 15) is 17.6 Å². The lowest BCUT2D eigenvalue weighted by atomic mass is 10.2. The fourth-order valence-corrected chi connectivity index (χ4v) is 1.24. The molecule has 0 bridgehead atoms. The van der Waals surface area contributed by atoms with Crippen molar-refractivity contribution < 1.29 is 32.3 Å². The van der Waals surface area contributed by atoms with Gasteiger partial charge in [-0.15, -0.1) is 0 Å². The van der Waals surface area contributed by atoms with Gasteiger partial charge in [-0.05, 0) is 15.9 Å². The Bertz CT molecular complexity index is 371. The molecule has 0 aliphatic rings. The van der Waals surface area contributed by atoms with Crippen molar-refractivity contribution in [1.82, 2.24) is 0 Å². The van der Waals surface area contributed by atoms with E-state index in [4.69, 9.17) is 10.0 Å². The van der Waals surface area contributed by atoms with Gasteiger partial charge in [0.15, 0.2) is 17.4 Å². The zero-order chi connectivity index (χ0) is 11.7. The molecule has 0 aliphatic carbocycles. The highest BCUT2D eigenvalue weighted by atomic mass is 79.9. The van der Waals surface area contributed by atoms with Crippen LogP contribution in [0, 0.1) is 23.3 Å². The van der Waals surface area contributed by atoms with Gasteiger partial charge in [0.25, 0.3) is 0 Å². The summed E-state index contributed by atoms with van der Waals surface area (Å²) in [6.45, 7) is 0. The molecular formula is C6H2BBrF4O3. The molecule has 3 nitrogen and oxygen atoms in total. The third kappa shape index (κ3) is 2.24. The van der Waals surface area contributed by atoms with Crippen LogP contribution in [0.5, 0.6) is 5.75 Å². The van der Waals surface area contributed by atoms with Crippen LogP contribution in [0.15, 0.2) is 4.47 Å². The molecule has 9 heteroatoms. The van der Waals surface area contributed by atoms with Crippen molar-refractivity contribution in [1.29, 1.82) is 0 Å². The van der Waals surface area contributed by atoms with Gasteiger partial charge in [-0.2, -0.15) is 4.39 Å². The molecule has 82 valence electrons. The highest BCUT2D eigenvalue weighted by Gasteiger charge is 2.27. The molecule has 2 N–H and O–H groups in total. The highest BCUT2D eigenvalue weighted by molar-refractivity contribution is 9.10. The molecule has 0 atom stereocenters. The zero-order valence-electron chi connectivity index (χ0n) is 6.77. The van der Waals surface area contributed by atoms with E-state index >= 15 is 0 Å². The minimum absolute atomic E-state index is 0.882. The smallest absolute Gasteiger partial charge is 0.509 e. The number of benzene rings is 1. The van der Waals surface area contributed by atoms with Crippen molar-refractivity contribution in [3.8, 4) is 5.75 Å². The fraction of sp³-hybridized carbons (Fsp3) is 0. The second-order valence-electron chi connectivity index (χ2n) is 2.34. The molecule has 0 fully saturated rings. The van der Waals surface area contributed by atoms with Crippen LogP contribution in [-0.4, -0.2) is 17.4 Å². The molecule has 0 radical (unpaired) electrons. The van der Waals surface area contributed by atoms with Gasteiger partial charge in [0.05, 0.1) is 4.47 Å². The van der Waals surface area contributed by atoms with Crippen LogP contribution in [0.1, 0.15) is 0 Å². The molecule has 0 unspecified atom stereocenters. The second kappa shape index (κ2) is 4.37. The normalized spacial score (nSPS) is 10.3. The minimum Gasteiger partial charge on any atom is -0.509 e. The van der Waals surface area contributed by atoms with E-state index < -0.39 is 40.8 Å². The first-order valence-corrected chi connectivity index (χ1v) is 4.19. The van der Waals surface area contributed by atoms with Crippen LogP contribution in [-0.2, 0) is 0 Å². The third-order valence-electron chi connectivity index (χ3n) is 1.39. The van der Waals surface area contributed by atoms with Gasteiger partial charge < -0.3 is 14.7 Å². The Kier molecular flexibility index (Phi) is 3.58. The first kappa shape index (κ1) is 12.3. The van der Waals surface area contributed by atoms with Crippen LogP contribution >= 0.6 is 15.9 Å². The van der Waals surface area contributed by atoms with Crippen molar-refractivity contribution >= 4 is 23.3 Å². The average molecular weight is 289 g/mol. The van der Waals surface area contributed by atoms with E-state index in [1.807, 2.05) is 0 Å². The van der Waals surface area contributed by atoms with Gasteiger partial charge in [-0.25, -0.2) is 13.2 Å². The van der Waals surface area contributed by atoms with E-state index in [-0.39, 0.29) is 0 Å². The van der Waals surface area contributed by atoms with Gasteiger partial charge in [-0.3, -0.25) is 0 Å². The van der Waals surface area contributed by atoms with Gasteiger partial charge >= 0.3 is 7.32 Å². The Morgan fingerprint density at radius 3 is 1.87 bits per heavy atom. The summed E-state index contributed by atoms with van der Waals surface area (Å²) in [5.41, 5.74) is 0. The second-order valence-corrected chi connectivity index (χ2v) is 3.14. The Hall–Kier alpha value is -0.795. The maximum absolute atomic E-state index is 12.9. The van der Waals surface area contributed by atoms with Crippen LogP contribution in [0.25, 0.3) is 0 Å². The van der Waals surface area contributed by atoms with Gasteiger partial charge in [0.2, 0.25) is 11.6 Å². The van der Waals surface area contributed by atoms with E-state index in [1.54, 1.807) is 0 Å². The SMILES string of the molecule is OB(O)Oc1c(F)c(F)c(F)c(F)c1Br. The zero-order valence-corrected chi connectivity index (χ0v) is 8.36. The molecule has 1 rings (SSSR count). The maximum Gasteiger partial charge on any atom is 0.707 e. The maximum atomic E-state index is 12.9. The third-order valence-corrected chi connectivity index (χ3v) is 2.10. The lowest BCUT2D eigenvalue weighted by Gasteiger charge is -2.10. The quantitative estimate of drug-likeness (QED) is 0.374. The largest absolute Gasteiger partial charge is 0.707 e. The summed E-state index contributed by atoms with van der Waals surface area (Å²) >= 11 is 2.38. The number of hydrogen-bond acceptors (Lipinski definition) is 3.